The van der Waals surface area contributed by atoms with Crippen molar-refractivity contribution in [3.8, 4) is 17.2 Å². The van der Waals surface area contributed by atoms with Crippen molar-refractivity contribution in [2.45, 2.75) is 6.92 Å². The number of anilines is 1. The molecule has 0 unspecified atom stereocenters. The third kappa shape index (κ3) is 7.95. The molecule has 0 heterocycles. The maximum atomic E-state index is 12.8. The Morgan fingerprint density at radius 3 is 2.36 bits per heavy atom. The van der Waals surface area contributed by atoms with Gasteiger partial charge in [0.1, 0.15) is 5.75 Å². The number of carbonyl (C=O) groups excluding carboxylic acids is 3. The summed E-state index contributed by atoms with van der Waals surface area (Å²) in [4.78, 5) is 48.4. The first-order valence-electron chi connectivity index (χ1n) is 13.0. The molecule has 0 fully saturated rings. The first-order valence-corrected chi connectivity index (χ1v) is 13.4. The number of nitro benzene ring substituents is 1. The number of nitro groups is 1. The predicted molar refractivity (Wildman–Crippen MR) is 163 cm³/mol. The topological polar surface area (TPSA) is 158 Å². The SMILES string of the molecule is CCOc1cc(C=NNC(=O)c2cccc(NC(=O)c3cc(Cl)ccc3OC)c2)ccc1OC(=O)c1ccc([N+](=O)[O-])cc1. The van der Waals surface area contributed by atoms with Gasteiger partial charge in [0.05, 0.1) is 36.0 Å². The fourth-order valence-electron chi connectivity index (χ4n) is 3.86. The first-order chi connectivity index (χ1) is 21.2. The molecule has 44 heavy (non-hydrogen) atoms. The maximum absolute atomic E-state index is 12.8. The number of amides is 2. The number of benzene rings is 4. The van der Waals surface area contributed by atoms with Crippen molar-refractivity contribution in [2.75, 3.05) is 19.0 Å². The van der Waals surface area contributed by atoms with Gasteiger partial charge in [-0.3, -0.25) is 19.7 Å². The number of non-ortho nitro benzene ring substituents is 1. The molecule has 4 aromatic carbocycles. The minimum Gasteiger partial charge on any atom is -0.496 e. The van der Waals surface area contributed by atoms with Crippen LogP contribution in [0.15, 0.2) is 90.0 Å². The Balaban J connectivity index is 1.40. The molecule has 0 saturated heterocycles. The van der Waals surface area contributed by atoms with Crippen molar-refractivity contribution in [1.29, 1.82) is 0 Å². The summed E-state index contributed by atoms with van der Waals surface area (Å²) in [7, 11) is 1.44. The van der Waals surface area contributed by atoms with E-state index in [4.69, 9.17) is 25.8 Å². The highest BCUT2D eigenvalue weighted by Crippen LogP contribution is 2.29. The number of halogens is 1. The highest BCUT2D eigenvalue weighted by molar-refractivity contribution is 6.31. The van der Waals surface area contributed by atoms with Gasteiger partial charge in [-0.2, -0.15) is 5.10 Å². The number of hydrazone groups is 1. The lowest BCUT2D eigenvalue weighted by atomic mass is 10.1. The zero-order valence-corrected chi connectivity index (χ0v) is 24.2. The highest BCUT2D eigenvalue weighted by Gasteiger charge is 2.16. The van der Waals surface area contributed by atoms with Crippen molar-refractivity contribution >= 4 is 47.0 Å². The van der Waals surface area contributed by atoms with Crippen LogP contribution in [0.25, 0.3) is 0 Å². The summed E-state index contributed by atoms with van der Waals surface area (Å²) >= 11 is 6.02. The van der Waals surface area contributed by atoms with Crippen LogP contribution in [0.2, 0.25) is 5.02 Å². The Morgan fingerprint density at radius 2 is 1.66 bits per heavy atom. The number of rotatable bonds is 11. The van der Waals surface area contributed by atoms with E-state index in [1.807, 2.05) is 0 Å². The van der Waals surface area contributed by atoms with Crippen LogP contribution in [0.4, 0.5) is 11.4 Å². The van der Waals surface area contributed by atoms with Gasteiger partial charge in [0, 0.05) is 28.4 Å². The standard InChI is InChI=1S/C31H25ClN4O8/c1-3-43-28-15-19(7-13-27(28)44-31(39)20-8-11-24(12-9-20)36(40)41)18-33-35-29(37)21-5-4-6-23(16-21)34-30(38)25-17-22(32)10-14-26(25)42-2/h4-18H,3H2,1-2H3,(H,34,38)(H,35,37). The molecule has 0 bridgehead atoms. The molecule has 0 aliphatic carbocycles. The molecule has 224 valence electrons. The number of ether oxygens (including phenoxy) is 3. The van der Waals surface area contributed by atoms with E-state index in [0.29, 0.717) is 22.0 Å². The average Bonchev–Trinajstić information content (AvgIpc) is 3.02. The fraction of sp³-hybridized carbons (Fsp3) is 0.0968. The highest BCUT2D eigenvalue weighted by atomic mass is 35.5. The molecular weight excluding hydrogens is 592 g/mol. The van der Waals surface area contributed by atoms with Crippen molar-refractivity contribution in [3.63, 3.8) is 0 Å². The second-order valence-corrected chi connectivity index (χ2v) is 9.35. The van der Waals surface area contributed by atoms with Gasteiger partial charge < -0.3 is 19.5 Å². The lowest BCUT2D eigenvalue weighted by Gasteiger charge is -2.11. The fourth-order valence-corrected chi connectivity index (χ4v) is 4.03. The summed E-state index contributed by atoms with van der Waals surface area (Å²) in [6.45, 7) is 2.03. The largest absolute Gasteiger partial charge is 0.496 e. The summed E-state index contributed by atoms with van der Waals surface area (Å²) in [5, 5.41) is 17.9. The third-order valence-corrected chi connectivity index (χ3v) is 6.19. The molecule has 12 nitrogen and oxygen atoms in total. The Hall–Kier alpha value is -5.75. The molecule has 0 aliphatic heterocycles. The van der Waals surface area contributed by atoms with Crippen LogP contribution in [0, 0.1) is 10.1 Å². The molecule has 2 amide bonds. The summed E-state index contributed by atoms with van der Waals surface area (Å²) in [6, 6.07) is 20.6. The molecule has 4 aromatic rings. The summed E-state index contributed by atoms with van der Waals surface area (Å²) in [5.41, 5.74) is 3.77. The van der Waals surface area contributed by atoms with Gasteiger partial charge >= 0.3 is 5.97 Å². The first kappa shape index (κ1) is 31.2. The van der Waals surface area contributed by atoms with E-state index in [0.717, 1.165) is 0 Å². The molecule has 2 N–H and O–H groups in total. The van der Waals surface area contributed by atoms with Gasteiger partial charge in [-0.05, 0) is 79.2 Å². The molecule has 0 aromatic heterocycles. The number of nitrogens with one attached hydrogen (secondary N) is 2. The van der Waals surface area contributed by atoms with Crippen LogP contribution in [0.1, 0.15) is 43.6 Å². The Bertz CT molecular complexity index is 1740. The average molecular weight is 617 g/mol. The number of methoxy groups -OCH3 is 1. The van der Waals surface area contributed by atoms with Crippen molar-refractivity contribution < 1.29 is 33.5 Å². The molecule has 13 heteroatoms. The predicted octanol–water partition coefficient (Wildman–Crippen LogP) is 5.89. The van der Waals surface area contributed by atoms with E-state index in [1.54, 1.807) is 49.4 Å². The van der Waals surface area contributed by atoms with Gasteiger partial charge in [0.25, 0.3) is 17.5 Å². The summed E-state index contributed by atoms with van der Waals surface area (Å²) < 4.78 is 16.3. The minimum absolute atomic E-state index is 0.124. The van der Waals surface area contributed by atoms with Crippen LogP contribution >= 0.6 is 11.6 Å². The van der Waals surface area contributed by atoms with Gasteiger partial charge in [-0.15, -0.1) is 0 Å². The quantitative estimate of drug-likeness (QED) is 0.0694. The molecule has 0 aliphatic rings. The van der Waals surface area contributed by atoms with Gasteiger partial charge in [-0.25, -0.2) is 10.2 Å². The Morgan fingerprint density at radius 1 is 0.909 bits per heavy atom. The lowest BCUT2D eigenvalue weighted by Crippen LogP contribution is -2.18. The number of carbonyl (C=O) groups is 3. The van der Waals surface area contributed by atoms with Crippen LogP contribution in [0.3, 0.4) is 0 Å². The Labute approximate surface area is 256 Å². The third-order valence-electron chi connectivity index (χ3n) is 5.95. The lowest BCUT2D eigenvalue weighted by molar-refractivity contribution is -0.384. The molecule has 0 radical (unpaired) electrons. The van der Waals surface area contributed by atoms with E-state index in [2.05, 4.69) is 15.8 Å². The molecule has 0 saturated carbocycles. The van der Waals surface area contributed by atoms with Crippen LogP contribution in [-0.4, -0.2) is 42.6 Å². The zero-order chi connectivity index (χ0) is 31.6. The zero-order valence-electron chi connectivity index (χ0n) is 23.4. The second kappa shape index (κ2) is 14.4. The number of nitrogens with zero attached hydrogens (tertiary/aromatic N) is 2. The van der Waals surface area contributed by atoms with Crippen LogP contribution in [0.5, 0.6) is 17.2 Å². The van der Waals surface area contributed by atoms with Gasteiger partial charge in [-0.1, -0.05) is 17.7 Å². The van der Waals surface area contributed by atoms with Crippen molar-refractivity contribution in [1.82, 2.24) is 5.43 Å². The summed E-state index contributed by atoms with van der Waals surface area (Å²) in [6.07, 6.45) is 1.37. The van der Waals surface area contributed by atoms with Crippen LogP contribution in [-0.2, 0) is 0 Å². The van der Waals surface area contributed by atoms with E-state index < -0.39 is 22.7 Å². The molecule has 4 rings (SSSR count). The van der Waals surface area contributed by atoms with Crippen molar-refractivity contribution in [3.05, 3.63) is 122 Å². The minimum atomic E-state index is -0.723. The molecular formula is C31H25ClN4O8. The van der Waals surface area contributed by atoms with E-state index in [1.165, 1.54) is 55.8 Å². The number of esters is 1. The van der Waals surface area contributed by atoms with Crippen molar-refractivity contribution in [2.24, 2.45) is 5.10 Å². The number of hydrogen-bond donors (Lipinski definition) is 2. The second-order valence-electron chi connectivity index (χ2n) is 8.91. The monoisotopic (exact) mass is 616 g/mol. The molecule has 0 spiro atoms. The van der Waals surface area contributed by atoms with E-state index in [-0.39, 0.29) is 40.5 Å². The van der Waals surface area contributed by atoms with Gasteiger partial charge in [0.2, 0.25) is 0 Å². The summed E-state index contributed by atoms with van der Waals surface area (Å²) in [5.74, 6) is -0.996. The van der Waals surface area contributed by atoms with E-state index in [9.17, 15) is 24.5 Å². The van der Waals surface area contributed by atoms with Crippen LogP contribution < -0.4 is 25.0 Å². The normalized spacial score (nSPS) is 10.6. The maximum Gasteiger partial charge on any atom is 0.343 e. The van der Waals surface area contributed by atoms with Gasteiger partial charge in [0.15, 0.2) is 11.5 Å². The molecule has 0 atom stereocenters. The smallest absolute Gasteiger partial charge is 0.343 e. The van der Waals surface area contributed by atoms with E-state index >= 15 is 0 Å². The number of hydrogen-bond acceptors (Lipinski definition) is 9. The Kier molecular flexibility index (Phi) is 10.2.